The van der Waals surface area contributed by atoms with Gasteiger partial charge in [0.15, 0.2) is 6.10 Å². The summed E-state index contributed by atoms with van der Waals surface area (Å²) >= 11 is 0. The molecule has 0 heterocycles. The molecule has 0 aliphatic heterocycles. The Morgan fingerprint density at radius 1 is 0.309 bits per heavy atom. The van der Waals surface area contributed by atoms with Gasteiger partial charge in [0.25, 0.3) is 6.29 Å². The molecular weight excluding hydrogens is 1200 g/mol. The number of unbranched alkanes of at least 4 members (excludes halogenated alkanes) is 7. The van der Waals surface area contributed by atoms with Gasteiger partial charge >= 0.3 is 17.9 Å². The molecule has 0 aliphatic rings. The highest BCUT2D eigenvalue weighted by atomic mass is 16.7. The number of carbonyl (C=O) groups excluding carboxylic acids is 2. The maximum absolute atomic E-state index is 12.9. The maximum Gasteiger partial charge on any atom is 0.361 e. The average molecular weight is 1330 g/mol. The number of nitrogens with zero attached hydrogens (tertiary/aromatic N) is 1. The summed E-state index contributed by atoms with van der Waals surface area (Å²) < 4.78 is 22.9. The fraction of sp³-hybridized carbons (Fsp3) is 0.489. The molecule has 9 heteroatoms. The smallest absolute Gasteiger partial charge is 0.361 e. The highest BCUT2D eigenvalue weighted by molar-refractivity contribution is 5.71. The lowest BCUT2D eigenvalue weighted by Gasteiger charge is -2.25. The van der Waals surface area contributed by atoms with E-state index in [0.29, 0.717) is 23.9 Å². The van der Waals surface area contributed by atoms with Gasteiger partial charge < -0.3 is 28.5 Å². The van der Waals surface area contributed by atoms with Crippen LogP contribution in [0.15, 0.2) is 255 Å². The van der Waals surface area contributed by atoms with E-state index in [1.807, 2.05) is 21.1 Å². The molecule has 0 aliphatic carbocycles. The Hall–Kier alpha value is -7.17. The van der Waals surface area contributed by atoms with Gasteiger partial charge in [-0.15, -0.1) is 0 Å². The largest absolute Gasteiger partial charge is 0.477 e. The molecule has 0 radical (unpaired) electrons. The van der Waals surface area contributed by atoms with Gasteiger partial charge in [-0.2, -0.15) is 0 Å². The molecule has 0 aromatic heterocycles. The lowest BCUT2D eigenvalue weighted by Crippen LogP contribution is -2.40. The predicted octanol–water partition coefficient (Wildman–Crippen LogP) is 23.8. The minimum atomic E-state index is -1.55. The lowest BCUT2D eigenvalue weighted by molar-refractivity contribution is -0.870. The molecule has 0 aromatic carbocycles. The van der Waals surface area contributed by atoms with Gasteiger partial charge in [-0.3, -0.25) is 9.59 Å². The number of hydrogen-bond donors (Lipinski definition) is 1. The van der Waals surface area contributed by atoms with Crippen molar-refractivity contribution in [1.82, 2.24) is 0 Å². The van der Waals surface area contributed by atoms with E-state index in [4.69, 9.17) is 18.9 Å². The van der Waals surface area contributed by atoms with Crippen LogP contribution in [0.25, 0.3) is 0 Å². The third-order valence-electron chi connectivity index (χ3n) is 14.3. The van der Waals surface area contributed by atoms with Crippen LogP contribution in [0.5, 0.6) is 0 Å². The van der Waals surface area contributed by atoms with Crippen LogP contribution in [0.1, 0.15) is 219 Å². The third kappa shape index (κ3) is 76.1. The Labute approximate surface area is 592 Å². The van der Waals surface area contributed by atoms with Gasteiger partial charge in [0.1, 0.15) is 13.2 Å². The second kappa shape index (κ2) is 74.6. The summed E-state index contributed by atoms with van der Waals surface area (Å²) in [6.07, 6.45) is 120. The van der Waals surface area contributed by atoms with E-state index in [1.54, 1.807) is 0 Å². The zero-order valence-electron chi connectivity index (χ0n) is 61.1. The first-order valence-electron chi connectivity index (χ1n) is 36.8. The van der Waals surface area contributed by atoms with Gasteiger partial charge in [0.2, 0.25) is 0 Å². The Morgan fingerprint density at radius 2 is 0.557 bits per heavy atom. The molecule has 0 rings (SSSR count). The minimum Gasteiger partial charge on any atom is -0.477 e. The van der Waals surface area contributed by atoms with Crippen molar-refractivity contribution in [2.24, 2.45) is 0 Å². The number of allylic oxidation sites excluding steroid dienone is 42. The van der Waals surface area contributed by atoms with E-state index in [2.05, 4.69) is 269 Å². The summed E-state index contributed by atoms with van der Waals surface area (Å²) in [5.74, 6) is -2.12. The van der Waals surface area contributed by atoms with Crippen molar-refractivity contribution in [1.29, 1.82) is 0 Å². The van der Waals surface area contributed by atoms with E-state index < -0.39 is 30.3 Å². The summed E-state index contributed by atoms with van der Waals surface area (Å²) in [5, 5.41) is 9.75. The van der Waals surface area contributed by atoms with Gasteiger partial charge in [-0.1, -0.05) is 288 Å². The quantitative estimate of drug-likeness (QED) is 0.0211. The highest BCUT2D eigenvalue weighted by Crippen LogP contribution is 2.12. The zero-order valence-corrected chi connectivity index (χ0v) is 61.1. The molecule has 0 aromatic rings. The summed E-state index contributed by atoms with van der Waals surface area (Å²) in [5.41, 5.74) is 0. The van der Waals surface area contributed by atoms with Crippen LogP contribution < -0.4 is 0 Å². The summed E-state index contributed by atoms with van der Waals surface area (Å²) in [4.78, 5) is 37.7. The number of likely N-dealkylation sites (N-methyl/N-ethyl adjacent to an activating group) is 1. The minimum absolute atomic E-state index is 0.161. The molecule has 97 heavy (non-hydrogen) atoms. The van der Waals surface area contributed by atoms with Crippen LogP contribution in [-0.4, -0.2) is 87.4 Å². The van der Waals surface area contributed by atoms with Crippen LogP contribution >= 0.6 is 0 Å². The monoisotopic (exact) mass is 1330 g/mol. The Morgan fingerprint density at radius 3 is 0.825 bits per heavy atom. The molecule has 2 unspecified atom stereocenters. The van der Waals surface area contributed by atoms with Gasteiger partial charge in [-0.05, 0) is 173 Å². The van der Waals surface area contributed by atoms with Crippen molar-refractivity contribution in [2.75, 3.05) is 47.5 Å². The zero-order chi connectivity index (χ0) is 70.4. The van der Waals surface area contributed by atoms with Gasteiger partial charge in [-0.25, -0.2) is 4.79 Å². The molecule has 0 amide bonds. The number of carboxylic acids is 1. The number of carboxylic acid groups (broad SMARTS) is 1. The Bertz CT molecular complexity index is 2550. The number of carbonyl (C=O) groups is 3. The van der Waals surface area contributed by atoms with Crippen molar-refractivity contribution in [2.45, 2.75) is 232 Å². The fourth-order valence-electron chi connectivity index (χ4n) is 8.75. The SMILES string of the molecule is CC/C=C\C/C=C\C/C=C\C/C=C\C/C=C\C/C=C\C/C=C\C/C=C\C/C=C\C/C=C\C/C=C\CCCCCC(=O)OC(COC(=O)CCCCCC/C=C\C/C=C\C/C=C\C/C=C\C/C=C\C/C=C\C/C=C\C/C=C\C/C=C\C/C=C\CC)COC(OCC[N+](C)(C)C)C(=O)O. The predicted molar refractivity (Wildman–Crippen MR) is 418 cm³/mol. The molecule has 536 valence electrons. The van der Waals surface area contributed by atoms with Crippen molar-refractivity contribution >= 4 is 17.9 Å². The maximum atomic E-state index is 12.9. The number of rotatable bonds is 64. The van der Waals surface area contributed by atoms with E-state index >= 15 is 0 Å². The van der Waals surface area contributed by atoms with Crippen molar-refractivity contribution in [3.05, 3.63) is 255 Å². The molecule has 1 N–H and O–H groups in total. The molecule has 0 saturated carbocycles. The van der Waals surface area contributed by atoms with Crippen molar-refractivity contribution < 1.29 is 42.9 Å². The lowest BCUT2D eigenvalue weighted by atomic mass is 10.1. The van der Waals surface area contributed by atoms with E-state index in [-0.39, 0.29) is 32.7 Å². The second-order valence-corrected chi connectivity index (χ2v) is 24.4. The van der Waals surface area contributed by atoms with Crippen molar-refractivity contribution in [3.8, 4) is 0 Å². The second-order valence-electron chi connectivity index (χ2n) is 24.4. The molecule has 0 saturated heterocycles. The topological polar surface area (TPSA) is 108 Å². The van der Waals surface area contributed by atoms with E-state index in [0.717, 1.165) is 180 Å². The molecule has 0 fully saturated rings. The van der Waals surface area contributed by atoms with Crippen LogP contribution in [0.2, 0.25) is 0 Å². The molecule has 9 nitrogen and oxygen atoms in total. The van der Waals surface area contributed by atoms with Crippen LogP contribution in [0, 0.1) is 0 Å². The summed E-state index contributed by atoms with van der Waals surface area (Å²) in [6, 6.07) is 0. The summed E-state index contributed by atoms with van der Waals surface area (Å²) in [7, 11) is 5.93. The number of aliphatic carboxylic acids is 1. The van der Waals surface area contributed by atoms with Crippen molar-refractivity contribution in [3.63, 3.8) is 0 Å². The van der Waals surface area contributed by atoms with E-state index in [9.17, 15) is 19.5 Å². The summed E-state index contributed by atoms with van der Waals surface area (Å²) in [6.45, 7) is 4.53. The number of ether oxygens (including phenoxy) is 4. The van der Waals surface area contributed by atoms with E-state index in [1.165, 1.54) is 0 Å². The van der Waals surface area contributed by atoms with Crippen LogP contribution in [-0.2, 0) is 33.3 Å². The fourth-order valence-corrected chi connectivity index (χ4v) is 8.75. The first kappa shape index (κ1) is 89.8. The Balaban J connectivity index is 4.34. The normalized spacial score (nSPS) is 14.2. The number of hydrogen-bond acceptors (Lipinski definition) is 7. The number of quaternary nitrogens is 1. The highest BCUT2D eigenvalue weighted by Gasteiger charge is 2.25. The first-order valence-corrected chi connectivity index (χ1v) is 36.8. The Kier molecular flexibility index (Phi) is 69.1. The van der Waals surface area contributed by atoms with Crippen LogP contribution in [0.3, 0.4) is 0 Å². The average Bonchev–Trinajstić information content (AvgIpc) is 3.11. The van der Waals surface area contributed by atoms with Crippen LogP contribution in [0.4, 0.5) is 0 Å². The first-order chi connectivity index (χ1) is 47.6. The molecule has 2 atom stereocenters. The molecule has 0 spiro atoms. The van der Waals surface area contributed by atoms with Gasteiger partial charge in [0.05, 0.1) is 34.4 Å². The molecule has 0 bridgehead atoms. The third-order valence-corrected chi connectivity index (χ3v) is 14.3. The molecular formula is C88H132NO8+. The number of esters is 2. The van der Waals surface area contributed by atoms with Gasteiger partial charge in [0, 0.05) is 12.8 Å². The standard InChI is InChI=1S/C88H131NO8/c1-6-8-10-12-14-16-18-20-22-24-26-28-30-32-34-36-38-40-42-43-45-47-49-51-53-55-57-59-61-63-65-67-69-71-73-75-77-79-86(91)97-84(83-96-88(87(92)93)94-81-80-89(3,4)5)82-95-85(90)78-76-74-72-70-68-66-64-62-60-58-56-54-52-50-48-46-44-41-39-37-35-33-31-29-27-25-23-21-19-17-15-13-11-9-7-2/h8-11,14-17,20-23,26-29,32-35,38-41,43,45-46,48-49,51-52,54-55,57-58,60-61,63-64,66-67,69,84,88H,6-7,12-13,18-19,24-25,30-31,36-37,42,44,47,50,53,56,59,62,65,68,70-83H2,1-5H3/p+1/b10-8-,11-9-,16-14-,17-15-,22-20-,23-21-,28-26-,29-27-,34-32-,35-33-,40-38-,41-39-,45-43-,48-46-,51-49-,54-52-,57-55-,60-58-,63-61-,66-64-,69-67-.